The van der Waals surface area contributed by atoms with Crippen LogP contribution in [0.25, 0.3) is 0 Å². The van der Waals surface area contributed by atoms with Gasteiger partial charge in [-0.25, -0.2) is 0 Å². The lowest BCUT2D eigenvalue weighted by atomic mass is 9.93. The normalized spacial score (nSPS) is 22.8. The average molecular weight is 525 g/mol. The van der Waals surface area contributed by atoms with E-state index in [0.717, 1.165) is 26.9 Å². The molecule has 4 atom stereocenters. The molecule has 1 unspecified atom stereocenters. The van der Waals surface area contributed by atoms with Crippen LogP contribution in [-0.2, 0) is 39.8 Å². The molecule has 1 saturated heterocycles. The summed E-state index contributed by atoms with van der Waals surface area (Å²) >= 11 is 5.17. The standard InChI is InChI=1S/C23H25BrO7S/c1-12-5-6-16(9-17(12)10-18-7-8-21(24)32-18)19-11-20(28-13(2)25)22(29-14(3)26)23(31-19)30-15(4)27/h5-9,19-20,22-23H,10-11H2,1-4H3/t19?,20-,22+,23+/m1/s1. The zero-order chi connectivity index (χ0) is 23.4. The fraction of sp³-hybridized carbons (Fsp3) is 0.435. The van der Waals surface area contributed by atoms with Crippen LogP contribution in [0.15, 0.2) is 34.1 Å². The van der Waals surface area contributed by atoms with Gasteiger partial charge < -0.3 is 18.9 Å². The van der Waals surface area contributed by atoms with Gasteiger partial charge in [0.2, 0.25) is 12.4 Å². The highest BCUT2D eigenvalue weighted by molar-refractivity contribution is 9.11. The number of ether oxygens (including phenoxy) is 4. The van der Waals surface area contributed by atoms with Crippen LogP contribution < -0.4 is 0 Å². The molecule has 7 nitrogen and oxygen atoms in total. The van der Waals surface area contributed by atoms with Gasteiger partial charge in [0, 0.05) is 38.5 Å². The number of hydrogen-bond acceptors (Lipinski definition) is 8. The molecule has 0 amide bonds. The summed E-state index contributed by atoms with van der Waals surface area (Å²) in [6.45, 7) is 5.79. The summed E-state index contributed by atoms with van der Waals surface area (Å²) in [6.07, 6.45) is -2.58. The maximum Gasteiger partial charge on any atom is 0.305 e. The van der Waals surface area contributed by atoms with Crippen LogP contribution in [0.2, 0.25) is 0 Å². The molecule has 0 saturated carbocycles. The van der Waals surface area contributed by atoms with Crippen molar-refractivity contribution in [3.8, 4) is 0 Å². The summed E-state index contributed by atoms with van der Waals surface area (Å²) in [6, 6.07) is 10.1. The summed E-state index contributed by atoms with van der Waals surface area (Å²) in [5, 5.41) is 0. The smallest absolute Gasteiger partial charge is 0.305 e. The second-order valence-electron chi connectivity index (χ2n) is 7.63. The molecule has 2 aromatic rings. The number of thiophene rings is 1. The third kappa shape index (κ3) is 6.40. The molecule has 1 aromatic heterocycles. The molecule has 9 heteroatoms. The number of esters is 3. The molecule has 0 bridgehead atoms. The summed E-state index contributed by atoms with van der Waals surface area (Å²) < 4.78 is 23.1. The third-order valence-electron chi connectivity index (χ3n) is 5.02. The Kier molecular flexibility index (Phi) is 8.08. The minimum absolute atomic E-state index is 0.252. The van der Waals surface area contributed by atoms with Gasteiger partial charge in [0.1, 0.15) is 6.10 Å². The van der Waals surface area contributed by atoms with Crippen molar-refractivity contribution in [1.29, 1.82) is 0 Å². The molecular formula is C23H25BrO7S. The van der Waals surface area contributed by atoms with E-state index in [0.29, 0.717) is 0 Å². The van der Waals surface area contributed by atoms with Gasteiger partial charge >= 0.3 is 17.9 Å². The first-order valence-corrected chi connectivity index (χ1v) is 11.7. The van der Waals surface area contributed by atoms with Crippen LogP contribution >= 0.6 is 27.3 Å². The fourth-order valence-electron chi connectivity index (χ4n) is 3.66. The predicted molar refractivity (Wildman–Crippen MR) is 121 cm³/mol. The van der Waals surface area contributed by atoms with E-state index in [4.69, 9.17) is 18.9 Å². The number of aryl methyl sites for hydroxylation is 1. The predicted octanol–water partition coefficient (Wildman–Crippen LogP) is 4.62. The van der Waals surface area contributed by atoms with Crippen LogP contribution in [0.1, 0.15) is 54.9 Å². The molecule has 172 valence electrons. The Morgan fingerprint density at radius 1 is 1.03 bits per heavy atom. The molecule has 1 fully saturated rings. The SMILES string of the molecule is CC(=O)O[C@H]1OC(c2ccc(C)c(Cc3ccc(Br)s3)c2)C[C@@H](OC(C)=O)[C@@H]1OC(C)=O. The molecule has 3 rings (SSSR count). The third-order valence-corrected chi connectivity index (χ3v) is 6.64. The minimum Gasteiger partial charge on any atom is -0.458 e. The Labute approximate surface area is 199 Å². The second kappa shape index (κ2) is 10.6. The average Bonchev–Trinajstić information content (AvgIpc) is 3.09. The molecule has 0 N–H and O–H groups in total. The fourth-order valence-corrected chi connectivity index (χ4v) is 5.16. The molecule has 0 aliphatic carbocycles. The van der Waals surface area contributed by atoms with E-state index in [2.05, 4.69) is 28.1 Å². The number of rotatable bonds is 6. The molecule has 1 aromatic carbocycles. The summed E-state index contributed by atoms with van der Waals surface area (Å²) in [5.41, 5.74) is 3.13. The lowest BCUT2D eigenvalue weighted by molar-refractivity contribution is -0.268. The van der Waals surface area contributed by atoms with Gasteiger partial charge in [0.25, 0.3) is 0 Å². The Balaban J connectivity index is 1.90. The Morgan fingerprint density at radius 3 is 2.31 bits per heavy atom. The van der Waals surface area contributed by atoms with Crippen LogP contribution in [0.3, 0.4) is 0 Å². The van der Waals surface area contributed by atoms with Gasteiger partial charge in [-0.2, -0.15) is 0 Å². The monoisotopic (exact) mass is 524 g/mol. The summed E-state index contributed by atoms with van der Waals surface area (Å²) in [4.78, 5) is 36.2. The topological polar surface area (TPSA) is 88.1 Å². The van der Waals surface area contributed by atoms with Gasteiger partial charge in [0.05, 0.1) is 9.89 Å². The van der Waals surface area contributed by atoms with E-state index in [1.807, 2.05) is 25.1 Å². The first kappa shape index (κ1) is 24.4. The number of halogens is 1. The van der Waals surface area contributed by atoms with Crippen LogP contribution in [0, 0.1) is 6.92 Å². The van der Waals surface area contributed by atoms with E-state index in [9.17, 15) is 14.4 Å². The largest absolute Gasteiger partial charge is 0.458 e. The molecule has 2 heterocycles. The molecular weight excluding hydrogens is 500 g/mol. The zero-order valence-electron chi connectivity index (χ0n) is 18.3. The van der Waals surface area contributed by atoms with Gasteiger partial charge in [-0.1, -0.05) is 18.2 Å². The van der Waals surface area contributed by atoms with Crippen molar-refractivity contribution in [2.24, 2.45) is 0 Å². The lowest BCUT2D eigenvalue weighted by Gasteiger charge is -2.39. The van der Waals surface area contributed by atoms with E-state index in [1.54, 1.807) is 11.3 Å². The molecule has 0 radical (unpaired) electrons. The molecule has 1 aliphatic heterocycles. The first-order valence-electron chi connectivity index (χ1n) is 10.1. The van der Waals surface area contributed by atoms with E-state index < -0.39 is 42.5 Å². The minimum atomic E-state index is -1.20. The Hall–Kier alpha value is -2.23. The number of hydrogen-bond donors (Lipinski definition) is 0. The highest BCUT2D eigenvalue weighted by Gasteiger charge is 2.45. The lowest BCUT2D eigenvalue weighted by Crippen LogP contribution is -2.51. The summed E-state index contributed by atoms with van der Waals surface area (Å²) in [7, 11) is 0. The molecule has 32 heavy (non-hydrogen) atoms. The van der Waals surface area contributed by atoms with Gasteiger partial charge in [-0.3, -0.25) is 14.4 Å². The number of carbonyl (C=O) groups is 3. The summed E-state index contributed by atoms with van der Waals surface area (Å²) in [5.74, 6) is -1.71. The van der Waals surface area contributed by atoms with Crippen LogP contribution in [0.4, 0.5) is 0 Å². The highest BCUT2D eigenvalue weighted by atomic mass is 79.9. The maximum atomic E-state index is 11.7. The molecule has 1 aliphatic rings. The van der Waals surface area contributed by atoms with Crippen molar-refractivity contribution in [2.45, 2.75) is 65.1 Å². The maximum absolute atomic E-state index is 11.7. The van der Waals surface area contributed by atoms with E-state index >= 15 is 0 Å². The quantitative estimate of drug-likeness (QED) is 0.402. The van der Waals surface area contributed by atoms with Gasteiger partial charge in [0.15, 0.2) is 0 Å². The zero-order valence-corrected chi connectivity index (χ0v) is 20.7. The van der Waals surface area contributed by atoms with Crippen molar-refractivity contribution in [1.82, 2.24) is 0 Å². The van der Waals surface area contributed by atoms with Crippen molar-refractivity contribution in [2.75, 3.05) is 0 Å². The van der Waals surface area contributed by atoms with Crippen molar-refractivity contribution in [3.63, 3.8) is 0 Å². The Bertz CT molecular complexity index is 976. The Morgan fingerprint density at radius 2 is 1.72 bits per heavy atom. The second-order valence-corrected chi connectivity index (χ2v) is 10.2. The van der Waals surface area contributed by atoms with Crippen molar-refractivity contribution < 1.29 is 33.3 Å². The van der Waals surface area contributed by atoms with Crippen molar-refractivity contribution in [3.05, 3.63) is 55.7 Å². The first-order chi connectivity index (χ1) is 15.1. The van der Waals surface area contributed by atoms with E-state index in [-0.39, 0.29) is 6.42 Å². The van der Waals surface area contributed by atoms with Gasteiger partial charge in [-0.15, -0.1) is 11.3 Å². The number of carbonyl (C=O) groups excluding carboxylic acids is 3. The van der Waals surface area contributed by atoms with E-state index in [1.165, 1.54) is 25.6 Å². The van der Waals surface area contributed by atoms with Crippen LogP contribution in [-0.4, -0.2) is 36.4 Å². The van der Waals surface area contributed by atoms with Gasteiger partial charge in [-0.05, 0) is 51.7 Å². The van der Waals surface area contributed by atoms with Crippen molar-refractivity contribution >= 4 is 45.2 Å². The molecule has 0 spiro atoms. The van der Waals surface area contributed by atoms with Crippen LogP contribution in [0.5, 0.6) is 0 Å². The number of benzene rings is 1. The highest BCUT2D eigenvalue weighted by Crippen LogP contribution is 2.36.